The molecule has 0 aliphatic rings. The van der Waals surface area contributed by atoms with Crippen molar-refractivity contribution in [1.82, 2.24) is 4.98 Å². The van der Waals surface area contributed by atoms with Gasteiger partial charge in [-0.1, -0.05) is 23.8 Å². The van der Waals surface area contributed by atoms with E-state index in [9.17, 15) is 30.7 Å². The molecule has 24 heavy (non-hydrogen) atoms. The Morgan fingerprint density at radius 1 is 0.875 bits per heavy atom. The number of hydrogen-bond donors (Lipinski definition) is 0. The highest BCUT2D eigenvalue weighted by atomic mass is 19.4. The molecule has 2 rings (SSSR count). The van der Waals surface area contributed by atoms with Gasteiger partial charge in [0, 0.05) is 23.5 Å². The van der Waals surface area contributed by atoms with Gasteiger partial charge in [0.25, 0.3) is 0 Å². The van der Waals surface area contributed by atoms with Crippen molar-refractivity contribution in [3.05, 3.63) is 53.3 Å². The second-order valence-corrected chi connectivity index (χ2v) is 5.40. The Morgan fingerprint density at radius 2 is 1.46 bits per heavy atom. The molecule has 0 saturated heterocycles. The van der Waals surface area contributed by atoms with Gasteiger partial charge >= 0.3 is 18.0 Å². The maximum Gasteiger partial charge on any atom is 0.435 e. The maximum absolute atomic E-state index is 14.6. The molecule has 0 atom stereocenters. The summed E-state index contributed by atoms with van der Waals surface area (Å²) in [6.45, 7) is 2.63. The van der Waals surface area contributed by atoms with Crippen LogP contribution in [0.15, 0.2) is 36.7 Å². The minimum absolute atomic E-state index is 0.0273. The van der Waals surface area contributed by atoms with Crippen molar-refractivity contribution < 1.29 is 30.7 Å². The lowest BCUT2D eigenvalue weighted by atomic mass is 9.84. The Hall–Kier alpha value is -2.12. The largest absolute Gasteiger partial charge is 0.435 e. The summed E-state index contributed by atoms with van der Waals surface area (Å²) >= 11 is 0. The molecule has 0 unspecified atom stereocenters. The predicted octanol–water partition coefficient (Wildman–Crippen LogP) is 5.65. The van der Waals surface area contributed by atoms with Gasteiger partial charge in [0.2, 0.25) is 0 Å². The zero-order chi connectivity index (χ0) is 18.3. The van der Waals surface area contributed by atoms with Gasteiger partial charge < -0.3 is 0 Å². The number of halogens is 7. The van der Waals surface area contributed by atoms with Gasteiger partial charge in [0.05, 0.1) is 0 Å². The molecule has 0 fully saturated rings. The van der Waals surface area contributed by atoms with Crippen LogP contribution < -0.4 is 0 Å². The lowest BCUT2D eigenvalue weighted by Crippen LogP contribution is -2.50. The van der Waals surface area contributed by atoms with E-state index in [2.05, 4.69) is 4.98 Å². The van der Waals surface area contributed by atoms with Crippen LogP contribution in [0.3, 0.4) is 0 Å². The second-order valence-electron chi connectivity index (χ2n) is 5.40. The van der Waals surface area contributed by atoms with E-state index in [4.69, 9.17) is 0 Å². The fraction of sp³-hybridized carbons (Fsp3) is 0.312. The van der Waals surface area contributed by atoms with Crippen molar-refractivity contribution in [2.75, 3.05) is 0 Å². The Kier molecular flexibility index (Phi) is 4.37. The standard InChI is InChI=1S/C16H12F7N/c1-9-6-10(2)13(11-4-3-5-24-8-11)12(7-9)14(17,15(18,19)20)16(21,22)23/h3-8H,1-2H3. The van der Waals surface area contributed by atoms with E-state index in [1.807, 2.05) is 0 Å². The number of rotatable bonds is 2. The minimum atomic E-state index is -6.16. The smallest absolute Gasteiger partial charge is 0.264 e. The van der Waals surface area contributed by atoms with Crippen molar-refractivity contribution in [2.45, 2.75) is 31.9 Å². The topological polar surface area (TPSA) is 12.9 Å². The number of nitrogens with zero attached hydrogens (tertiary/aromatic N) is 1. The van der Waals surface area contributed by atoms with Crippen LogP contribution >= 0.6 is 0 Å². The molecule has 1 aromatic carbocycles. The molecule has 0 N–H and O–H groups in total. The molecule has 0 aliphatic carbocycles. The Morgan fingerprint density at radius 3 is 1.92 bits per heavy atom. The number of pyridine rings is 1. The predicted molar refractivity (Wildman–Crippen MR) is 74.0 cm³/mol. The average Bonchev–Trinajstić information content (AvgIpc) is 2.44. The summed E-state index contributed by atoms with van der Waals surface area (Å²) in [4.78, 5) is 3.69. The summed E-state index contributed by atoms with van der Waals surface area (Å²) in [5.74, 6) is 0. The van der Waals surface area contributed by atoms with E-state index in [0.717, 1.165) is 6.20 Å². The van der Waals surface area contributed by atoms with Crippen molar-refractivity contribution in [1.29, 1.82) is 0 Å². The van der Waals surface area contributed by atoms with E-state index in [1.165, 1.54) is 38.2 Å². The Labute approximate surface area is 133 Å². The van der Waals surface area contributed by atoms with Gasteiger partial charge in [-0.3, -0.25) is 4.98 Å². The highest BCUT2D eigenvalue weighted by Crippen LogP contribution is 2.55. The first-order valence-corrected chi connectivity index (χ1v) is 6.74. The average molecular weight is 351 g/mol. The number of hydrogen-bond acceptors (Lipinski definition) is 1. The summed E-state index contributed by atoms with van der Waals surface area (Å²) in [5, 5.41) is 0. The normalized spacial score (nSPS) is 13.2. The van der Waals surface area contributed by atoms with Crippen molar-refractivity contribution in [3.8, 4) is 11.1 Å². The van der Waals surface area contributed by atoms with Gasteiger partial charge in [0.1, 0.15) is 0 Å². The van der Waals surface area contributed by atoms with E-state index in [0.29, 0.717) is 6.07 Å². The molecular formula is C16H12F7N. The Balaban J connectivity index is 2.92. The van der Waals surface area contributed by atoms with Gasteiger partial charge in [0.15, 0.2) is 0 Å². The number of aryl methyl sites for hydroxylation is 2. The molecule has 2 aromatic rings. The molecule has 0 aliphatic heterocycles. The molecule has 130 valence electrons. The van der Waals surface area contributed by atoms with E-state index in [-0.39, 0.29) is 16.7 Å². The van der Waals surface area contributed by atoms with Crippen LogP contribution in [0.2, 0.25) is 0 Å². The first-order chi connectivity index (χ1) is 10.9. The zero-order valence-electron chi connectivity index (χ0n) is 12.6. The summed E-state index contributed by atoms with van der Waals surface area (Å²) in [6, 6.07) is 4.59. The third kappa shape index (κ3) is 2.85. The monoisotopic (exact) mass is 351 g/mol. The minimum Gasteiger partial charge on any atom is -0.264 e. The number of alkyl halides is 7. The first kappa shape index (κ1) is 18.2. The van der Waals surface area contributed by atoms with Crippen LogP contribution in [-0.2, 0) is 5.67 Å². The maximum atomic E-state index is 14.6. The van der Waals surface area contributed by atoms with E-state index >= 15 is 0 Å². The fourth-order valence-electron chi connectivity index (χ4n) is 2.60. The lowest BCUT2D eigenvalue weighted by molar-refractivity contribution is -0.348. The van der Waals surface area contributed by atoms with Crippen molar-refractivity contribution in [2.24, 2.45) is 0 Å². The summed E-state index contributed by atoms with van der Waals surface area (Å²) in [6.07, 6.45) is -9.93. The lowest BCUT2D eigenvalue weighted by Gasteiger charge is -2.32. The third-order valence-corrected chi connectivity index (χ3v) is 3.58. The number of aromatic nitrogens is 1. The first-order valence-electron chi connectivity index (χ1n) is 6.74. The molecule has 1 aromatic heterocycles. The quantitative estimate of drug-likeness (QED) is 0.637. The highest BCUT2D eigenvalue weighted by Gasteiger charge is 2.74. The molecule has 0 bridgehead atoms. The van der Waals surface area contributed by atoms with Crippen LogP contribution in [0.5, 0.6) is 0 Å². The van der Waals surface area contributed by atoms with Crippen LogP contribution in [0.4, 0.5) is 30.7 Å². The van der Waals surface area contributed by atoms with Gasteiger partial charge in [-0.2, -0.15) is 26.3 Å². The van der Waals surface area contributed by atoms with E-state index in [1.54, 1.807) is 0 Å². The van der Waals surface area contributed by atoms with Crippen LogP contribution in [0, 0.1) is 13.8 Å². The molecule has 8 heteroatoms. The van der Waals surface area contributed by atoms with E-state index < -0.39 is 29.1 Å². The molecule has 0 amide bonds. The summed E-state index contributed by atoms with van der Waals surface area (Å²) in [7, 11) is 0. The molecular weight excluding hydrogens is 339 g/mol. The van der Waals surface area contributed by atoms with Gasteiger partial charge in [-0.25, -0.2) is 4.39 Å². The molecule has 0 saturated carbocycles. The molecule has 0 radical (unpaired) electrons. The number of benzene rings is 1. The van der Waals surface area contributed by atoms with Crippen LogP contribution in [0.1, 0.15) is 16.7 Å². The molecule has 1 heterocycles. The second kappa shape index (κ2) is 5.75. The zero-order valence-corrected chi connectivity index (χ0v) is 12.6. The van der Waals surface area contributed by atoms with Crippen molar-refractivity contribution in [3.63, 3.8) is 0 Å². The SMILES string of the molecule is Cc1cc(C)c(-c2cccnc2)c(C(F)(C(F)(F)F)C(F)(F)F)c1. The Bertz CT molecular complexity index is 719. The van der Waals surface area contributed by atoms with Crippen LogP contribution in [-0.4, -0.2) is 17.3 Å². The van der Waals surface area contributed by atoms with Gasteiger partial charge in [-0.05, 0) is 31.0 Å². The van der Waals surface area contributed by atoms with Crippen molar-refractivity contribution >= 4 is 0 Å². The fourth-order valence-corrected chi connectivity index (χ4v) is 2.60. The molecule has 0 spiro atoms. The molecule has 1 nitrogen and oxygen atoms in total. The summed E-state index contributed by atoms with van der Waals surface area (Å²) < 4.78 is 93.4. The van der Waals surface area contributed by atoms with Crippen LogP contribution in [0.25, 0.3) is 11.1 Å². The third-order valence-electron chi connectivity index (χ3n) is 3.58. The van der Waals surface area contributed by atoms with Gasteiger partial charge in [-0.15, -0.1) is 0 Å². The summed E-state index contributed by atoms with van der Waals surface area (Å²) in [5.41, 5.74) is -7.28. The highest BCUT2D eigenvalue weighted by molar-refractivity contribution is 5.72.